The van der Waals surface area contributed by atoms with Crippen LogP contribution in [0.1, 0.15) is 26.7 Å². The average Bonchev–Trinajstić information content (AvgIpc) is 2.89. The van der Waals surface area contributed by atoms with Crippen molar-refractivity contribution in [3.05, 3.63) is 0 Å². The van der Waals surface area contributed by atoms with Crippen LogP contribution in [0.2, 0.25) is 0 Å². The van der Waals surface area contributed by atoms with E-state index in [1.807, 2.05) is 0 Å². The lowest BCUT2D eigenvalue weighted by Crippen LogP contribution is -2.52. The molecule has 108 valence electrons. The summed E-state index contributed by atoms with van der Waals surface area (Å²) < 4.78 is 0. The van der Waals surface area contributed by atoms with Crippen molar-refractivity contribution in [2.75, 3.05) is 20.1 Å². The summed E-state index contributed by atoms with van der Waals surface area (Å²) in [6, 6.07) is -2.14. The van der Waals surface area contributed by atoms with Crippen molar-refractivity contribution in [2.24, 2.45) is 0 Å². The fourth-order valence-electron chi connectivity index (χ4n) is 1.90. The smallest absolute Gasteiger partial charge is 0.326 e. The molecule has 0 saturated carbocycles. The molecule has 1 aliphatic rings. The Morgan fingerprint density at radius 3 is 2.21 bits per heavy atom. The SMILES string of the molecule is CC(NC(=O)N(C)C(C)C(=O)O)C(=O)N1CCCC1. The fraction of sp³-hybridized carbons (Fsp3) is 0.750. The van der Waals surface area contributed by atoms with E-state index in [9.17, 15) is 14.4 Å². The number of rotatable bonds is 4. The fourth-order valence-corrected chi connectivity index (χ4v) is 1.90. The van der Waals surface area contributed by atoms with Gasteiger partial charge >= 0.3 is 12.0 Å². The first kappa shape index (κ1) is 15.3. The van der Waals surface area contributed by atoms with Crippen LogP contribution in [0.25, 0.3) is 0 Å². The molecule has 0 aromatic heterocycles. The lowest BCUT2D eigenvalue weighted by molar-refractivity contribution is -0.141. The van der Waals surface area contributed by atoms with Gasteiger partial charge in [-0.3, -0.25) is 4.79 Å². The van der Waals surface area contributed by atoms with E-state index >= 15 is 0 Å². The number of carbonyl (C=O) groups excluding carboxylic acids is 2. The number of amides is 3. The van der Waals surface area contributed by atoms with Crippen LogP contribution in [0.5, 0.6) is 0 Å². The molecule has 19 heavy (non-hydrogen) atoms. The van der Waals surface area contributed by atoms with Gasteiger partial charge in [-0.15, -0.1) is 0 Å². The molecule has 2 atom stereocenters. The summed E-state index contributed by atoms with van der Waals surface area (Å²) in [5.41, 5.74) is 0. The Balaban J connectivity index is 2.51. The predicted molar refractivity (Wildman–Crippen MR) is 68.7 cm³/mol. The summed E-state index contributed by atoms with van der Waals surface area (Å²) in [6.45, 7) is 4.47. The molecule has 2 N–H and O–H groups in total. The van der Waals surface area contributed by atoms with Crippen molar-refractivity contribution in [3.63, 3.8) is 0 Å². The summed E-state index contributed by atoms with van der Waals surface area (Å²) in [6.07, 6.45) is 1.98. The summed E-state index contributed by atoms with van der Waals surface area (Å²) in [5.74, 6) is -1.21. The highest BCUT2D eigenvalue weighted by Crippen LogP contribution is 2.09. The lowest BCUT2D eigenvalue weighted by Gasteiger charge is -2.26. The molecule has 3 amide bonds. The number of likely N-dealkylation sites (N-methyl/N-ethyl adjacent to an activating group) is 1. The average molecular weight is 271 g/mol. The molecule has 1 rings (SSSR count). The molecule has 1 heterocycles. The molecule has 0 spiro atoms. The number of hydrogen-bond donors (Lipinski definition) is 2. The highest BCUT2D eigenvalue weighted by Gasteiger charge is 2.27. The van der Waals surface area contributed by atoms with Crippen molar-refractivity contribution in [2.45, 2.75) is 38.8 Å². The standard InChI is InChI=1S/C12H21N3O4/c1-8(10(16)15-6-4-5-7-15)13-12(19)14(3)9(2)11(17)18/h8-9H,4-7H2,1-3H3,(H,13,19)(H,17,18). The molecular formula is C12H21N3O4. The molecule has 0 aromatic carbocycles. The first-order valence-corrected chi connectivity index (χ1v) is 6.39. The minimum absolute atomic E-state index is 0.123. The number of carboxylic acids is 1. The number of carbonyl (C=O) groups is 3. The summed E-state index contributed by atoms with van der Waals surface area (Å²) in [5, 5.41) is 11.3. The molecule has 0 aliphatic carbocycles. The second-order valence-electron chi connectivity index (χ2n) is 4.83. The molecule has 0 aromatic rings. The third-order valence-corrected chi connectivity index (χ3v) is 3.39. The maximum atomic E-state index is 12.0. The Labute approximate surface area is 112 Å². The van der Waals surface area contributed by atoms with Crippen LogP contribution in [0.4, 0.5) is 4.79 Å². The van der Waals surface area contributed by atoms with E-state index in [1.165, 1.54) is 14.0 Å². The highest BCUT2D eigenvalue weighted by atomic mass is 16.4. The van der Waals surface area contributed by atoms with Crippen molar-refractivity contribution in [1.82, 2.24) is 15.1 Å². The minimum Gasteiger partial charge on any atom is -0.480 e. The van der Waals surface area contributed by atoms with Crippen molar-refractivity contribution in [3.8, 4) is 0 Å². The van der Waals surface area contributed by atoms with Gasteiger partial charge in [0.05, 0.1) is 0 Å². The van der Waals surface area contributed by atoms with E-state index in [1.54, 1.807) is 11.8 Å². The van der Waals surface area contributed by atoms with Crippen molar-refractivity contribution >= 4 is 17.9 Å². The summed E-state index contributed by atoms with van der Waals surface area (Å²) >= 11 is 0. The van der Waals surface area contributed by atoms with Crippen LogP contribution in [0.3, 0.4) is 0 Å². The number of hydrogen-bond acceptors (Lipinski definition) is 3. The molecular weight excluding hydrogens is 250 g/mol. The van der Waals surface area contributed by atoms with E-state index in [4.69, 9.17) is 5.11 Å². The van der Waals surface area contributed by atoms with E-state index in [2.05, 4.69) is 5.32 Å². The van der Waals surface area contributed by atoms with E-state index in [0.717, 1.165) is 30.8 Å². The Morgan fingerprint density at radius 2 is 1.74 bits per heavy atom. The Hall–Kier alpha value is -1.79. The van der Waals surface area contributed by atoms with Crippen LogP contribution >= 0.6 is 0 Å². The zero-order valence-electron chi connectivity index (χ0n) is 11.5. The van der Waals surface area contributed by atoms with Gasteiger partial charge in [-0.05, 0) is 26.7 Å². The first-order valence-electron chi connectivity index (χ1n) is 6.39. The maximum absolute atomic E-state index is 12.0. The normalized spacial score (nSPS) is 17.7. The first-order chi connectivity index (χ1) is 8.84. The zero-order valence-corrected chi connectivity index (χ0v) is 11.5. The molecule has 1 aliphatic heterocycles. The Kier molecular flexibility index (Phi) is 5.14. The maximum Gasteiger partial charge on any atom is 0.326 e. The van der Waals surface area contributed by atoms with Gasteiger partial charge in [0.15, 0.2) is 0 Å². The summed E-state index contributed by atoms with van der Waals surface area (Å²) in [4.78, 5) is 37.3. The van der Waals surface area contributed by atoms with Gasteiger partial charge in [0, 0.05) is 20.1 Å². The topological polar surface area (TPSA) is 90.0 Å². The van der Waals surface area contributed by atoms with Crippen LogP contribution in [-0.2, 0) is 9.59 Å². The second kappa shape index (κ2) is 6.40. The van der Waals surface area contributed by atoms with Gasteiger partial charge in [-0.2, -0.15) is 0 Å². The number of aliphatic carboxylic acids is 1. The molecule has 7 heteroatoms. The van der Waals surface area contributed by atoms with Crippen LogP contribution in [0.15, 0.2) is 0 Å². The van der Waals surface area contributed by atoms with Crippen LogP contribution < -0.4 is 5.32 Å². The van der Waals surface area contributed by atoms with Crippen molar-refractivity contribution in [1.29, 1.82) is 0 Å². The van der Waals surface area contributed by atoms with Crippen LogP contribution in [0, 0.1) is 0 Å². The molecule has 2 unspecified atom stereocenters. The third-order valence-electron chi connectivity index (χ3n) is 3.39. The monoisotopic (exact) mass is 271 g/mol. The predicted octanol–water partition coefficient (Wildman–Crippen LogP) is 0.112. The molecule has 0 bridgehead atoms. The lowest BCUT2D eigenvalue weighted by atomic mass is 10.3. The third kappa shape index (κ3) is 3.84. The largest absolute Gasteiger partial charge is 0.480 e. The highest BCUT2D eigenvalue weighted by molar-refractivity contribution is 5.88. The molecule has 1 fully saturated rings. The minimum atomic E-state index is -1.09. The molecule has 0 radical (unpaired) electrons. The number of likely N-dealkylation sites (tertiary alicyclic amines) is 1. The summed E-state index contributed by atoms with van der Waals surface area (Å²) in [7, 11) is 1.39. The van der Waals surface area contributed by atoms with Crippen molar-refractivity contribution < 1.29 is 19.5 Å². The van der Waals surface area contributed by atoms with Gasteiger partial charge in [0.2, 0.25) is 5.91 Å². The number of urea groups is 1. The van der Waals surface area contributed by atoms with Gasteiger partial charge < -0.3 is 20.2 Å². The number of carboxylic acid groups (broad SMARTS) is 1. The Bertz CT molecular complexity index is 366. The van der Waals surface area contributed by atoms with E-state index < -0.39 is 24.1 Å². The molecule has 1 saturated heterocycles. The molecule has 7 nitrogen and oxygen atoms in total. The van der Waals surface area contributed by atoms with Gasteiger partial charge in [-0.25, -0.2) is 9.59 Å². The van der Waals surface area contributed by atoms with Gasteiger partial charge in [0.1, 0.15) is 12.1 Å². The van der Waals surface area contributed by atoms with E-state index in [0.29, 0.717) is 0 Å². The Morgan fingerprint density at radius 1 is 1.21 bits per heavy atom. The second-order valence-corrected chi connectivity index (χ2v) is 4.83. The quantitative estimate of drug-likeness (QED) is 0.759. The number of nitrogens with one attached hydrogen (secondary N) is 1. The van der Waals surface area contributed by atoms with Gasteiger partial charge in [-0.1, -0.05) is 0 Å². The van der Waals surface area contributed by atoms with E-state index in [-0.39, 0.29) is 5.91 Å². The van der Waals surface area contributed by atoms with Gasteiger partial charge in [0.25, 0.3) is 0 Å². The van der Waals surface area contributed by atoms with Crippen LogP contribution in [-0.4, -0.2) is 65.0 Å². The number of nitrogens with zero attached hydrogens (tertiary/aromatic N) is 2. The zero-order chi connectivity index (χ0) is 14.6.